The van der Waals surface area contributed by atoms with Crippen LogP contribution in [0, 0.1) is 6.92 Å². The van der Waals surface area contributed by atoms with Crippen LogP contribution in [0.1, 0.15) is 16.1 Å². The topological polar surface area (TPSA) is 73.6 Å². The predicted molar refractivity (Wildman–Crippen MR) is 93.8 cm³/mol. The predicted octanol–water partition coefficient (Wildman–Crippen LogP) is 3.56. The molecule has 1 heterocycles. The fourth-order valence-corrected chi connectivity index (χ4v) is 2.65. The smallest absolute Gasteiger partial charge is 0.356 e. The number of benzene rings is 2. The van der Waals surface area contributed by atoms with Crippen LogP contribution in [-0.2, 0) is 0 Å². The second-order valence-corrected chi connectivity index (χ2v) is 5.54. The highest BCUT2D eigenvalue weighted by atomic mass is 16.5. The Bertz CT molecular complexity index is 931. The average Bonchev–Trinajstić information content (AvgIpc) is 3.06. The van der Waals surface area contributed by atoms with Crippen LogP contribution < -0.4 is 9.47 Å². The van der Waals surface area contributed by atoms with Crippen LogP contribution in [0.4, 0.5) is 0 Å². The molecule has 0 spiro atoms. The van der Waals surface area contributed by atoms with Gasteiger partial charge in [0, 0.05) is 5.56 Å². The molecule has 1 aromatic heterocycles. The number of rotatable bonds is 5. The number of methoxy groups -OCH3 is 2. The van der Waals surface area contributed by atoms with Crippen molar-refractivity contribution in [3.05, 3.63) is 59.8 Å². The second kappa shape index (κ2) is 6.68. The van der Waals surface area contributed by atoms with E-state index >= 15 is 0 Å². The van der Waals surface area contributed by atoms with Gasteiger partial charge in [-0.1, -0.05) is 12.1 Å². The van der Waals surface area contributed by atoms with E-state index in [-0.39, 0.29) is 5.69 Å². The summed E-state index contributed by atoms with van der Waals surface area (Å²) in [5, 5.41) is 13.6. The highest BCUT2D eigenvalue weighted by Crippen LogP contribution is 2.35. The van der Waals surface area contributed by atoms with E-state index in [2.05, 4.69) is 5.10 Å². The van der Waals surface area contributed by atoms with E-state index in [1.165, 1.54) is 6.07 Å². The molecule has 0 saturated carbocycles. The van der Waals surface area contributed by atoms with E-state index in [9.17, 15) is 9.90 Å². The van der Waals surface area contributed by atoms with E-state index in [4.69, 9.17) is 9.47 Å². The van der Waals surface area contributed by atoms with Gasteiger partial charge in [-0.15, -0.1) is 0 Å². The summed E-state index contributed by atoms with van der Waals surface area (Å²) in [5.74, 6) is 0.158. The van der Waals surface area contributed by atoms with Crippen molar-refractivity contribution in [2.45, 2.75) is 6.92 Å². The molecule has 25 heavy (non-hydrogen) atoms. The average molecular weight is 338 g/mol. The van der Waals surface area contributed by atoms with Gasteiger partial charge >= 0.3 is 5.97 Å². The van der Waals surface area contributed by atoms with Crippen LogP contribution in [-0.4, -0.2) is 35.1 Å². The molecule has 0 bridgehead atoms. The lowest BCUT2D eigenvalue weighted by Crippen LogP contribution is -2.03. The third-order valence-corrected chi connectivity index (χ3v) is 3.86. The van der Waals surface area contributed by atoms with E-state index < -0.39 is 5.97 Å². The SMILES string of the molecule is COc1ccc(OC)c(-c2cc(C(=O)O)nn2-c2cccc(C)c2)c1. The molecule has 0 aliphatic carbocycles. The van der Waals surface area contributed by atoms with Crippen LogP contribution in [0.5, 0.6) is 11.5 Å². The first kappa shape index (κ1) is 16.6. The molecule has 0 unspecified atom stereocenters. The minimum absolute atomic E-state index is 0.0404. The third-order valence-electron chi connectivity index (χ3n) is 3.86. The Morgan fingerprint density at radius 1 is 1.08 bits per heavy atom. The highest BCUT2D eigenvalue weighted by Gasteiger charge is 2.19. The number of ether oxygens (including phenoxy) is 2. The highest BCUT2D eigenvalue weighted by molar-refractivity contribution is 5.88. The van der Waals surface area contributed by atoms with Gasteiger partial charge in [-0.3, -0.25) is 0 Å². The van der Waals surface area contributed by atoms with Gasteiger partial charge in [0.15, 0.2) is 5.69 Å². The van der Waals surface area contributed by atoms with Gasteiger partial charge in [0.2, 0.25) is 0 Å². The summed E-state index contributed by atoms with van der Waals surface area (Å²) in [4.78, 5) is 11.4. The number of hydrogen-bond acceptors (Lipinski definition) is 4. The van der Waals surface area contributed by atoms with Crippen molar-refractivity contribution < 1.29 is 19.4 Å². The summed E-state index contributed by atoms with van der Waals surface area (Å²) in [6.07, 6.45) is 0. The Morgan fingerprint density at radius 2 is 1.88 bits per heavy atom. The standard InChI is InChI=1S/C19H18N2O4/c1-12-5-4-6-13(9-12)21-17(11-16(20-21)19(22)23)15-10-14(24-2)7-8-18(15)25-3/h4-11H,1-3H3,(H,22,23). The third kappa shape index (κ3) is 3.19. The molecule has 0 aliphatic heterocycles. The fourth-order valence-electron chi connectivity index (χ4n) is 2.65. The normalized spacial score (nSPS) is 10.5. The van der Waals surface area contributed by atoms with Gasteiger partial charge in [0.05, 0.1) is 25.6 Å². The molecule has 0 amide bonds. The van der Waals surface area contributed by atoms with Crippen LogP contribution in [0.2, 0.25) is 0 Å². The lowest BCUT2D eigenvalue weighted by atomic mass is 10.1. The van der Waals surface area contributed by atoms with Crippen molar-refractivity contribution in [2.24, 2.45) is 0 Å². The summed E-state index contributed by atoms with van der Waals surface area (Å²) < 4.78 is 12.3. The van der Waals surface area contributed by atoms with Crippen molar-refractivity contribution >= 4 is 5.97 Å². The van der Waals surface area contributed by atoms with Gasteiger partial charge in [0.25, 0.3) is 0 Å². The first-order chi connectivity index (χ1) is 12.0. The maximum Gasteiger partial charge on any atom is 0.356 e. The number of carboxylic acids is 1. The Kier molecular flexibility index (Phi) is 4.43. The van der Waals surface area contributed by atoms with Gasteiger partial charge < -0.3 is 14.6 Å². The minimum Gasteiger partial charge on any atom is -0.497 e. The Balaban J connectivity index is 2.27. The lowest BCUT2D eigenvalue weighted by Gasteiger charge is -2.13. The molecule has 1 N–H and O–H groups in total. The molecule has 0 aliphatic rings. The van der Waals surface area contributed by atoms with E-state index in [1.807, 2.05) is 31.2 Å². The van der Waals surface area contributed by atoms with Crippen molar-refractivity contribution in [3.63, 3.8) is 0 Å². The number of nitrogens with zero attached hydrogens (tertiary/aromatic N) is 2. The molecular formula is C19H18N2O4. The summed E-state index contributed by atoms with van der Waals surface area (Å²) in [6, 6.07) is 14.6. The van der Waals surface area contributed by atoms with Gasteiger partial charge in [0.1, 0.15) is 11.5 Å². The van der Waals surface area contributed by atoms with Crippen molar-refractivity contribution in [2.75, 3.05) is 14.2 Å². The molecule has 0 atom stereocenters. The number of aromatic carboxylic acids is 1. The summed E-state index contributed by atoms with van der Waals surface area (Å²) in [5.41, 5.74) is 3.09. The van der Waals surface area contributed by atoms with E-state index in [0.29, 0.717) is 22.8 Å². The van der Waals surface area contributed by atoms with Crippen molar-refractivity contribution in [1.82, 2.24) is 9.78 Å². The minimum atomic E-state index is -1.09. The fraction of sp³-hybridized carbons (Fsp3) is 0.158. The first-order valence-electron chi connectivity index (χ1n) is 7.66. The summed E-state index contributed by atoms with van der Waals surface area (Å²) in [7, 11) is 3.14. The van der Waals surface area contributed by atoms with Crippen molar-refractivity contribution in [3.8, 4) is 28.4 Å². The monoisotopic (exact) mass is 338 g/mol. The maximum atomic E-state index is 11.4. The Labute approximate surface area is 145 Å². The largest absolute Gasteiger partial charge is 0.497 e. The number of aromatic nitrogens is 2. The molecule has 128 valence electrons. The molecule has 3 rings (SSSR count). The molecule has 6 heteroatoms. The number of hydrogen-bond donors (Lipinski definition) is 1. The Morgan fingerprint density at radius 3 is 2.52 bits per heavy atom. The quantitative estimate of drug-likeness (QED) is 0.770. The number of carbonyl (C=O) groups is 1. The van der Waals surface area contributed by atoms with Gasteiger partial charge in [-0.2, -0.15) is 5.10 Å². The molecule has 0 radical (unpaired) electrons. The molecule has 3 aromatic rings. The summed E-state index contributed by atoms with van der Waals surface area (Å²) in [6.45, 7) is 1.97. The van der Waals surface area contributed by atoms with Crippen LogP contribution in [0.25, 0.3) is 16.9 Å². The molecule has 0 fully saturated rings. The maximum absolute atomic E-state index is 11.4. The van der Waals surface area contributed by atoms with Crippen molar-refractivity contribution in [1.29, 1.82) is 0 Å². The molecule has 2 aromatic carbocycles. The molecule has 6 nitrogen and oxygen atoms in total. The molecular weight excluding hydrogens is 320 g/mol. The van der Waals surface area contributed by atoms with E-state index in [0.717, 1.165) is 11.3 Å². The number of aryl methyl sites for hydroxylation is 1. The Hall–Kier alpha value is -3.28. The van der Waals surface area contributed by atoms with Gasteiger partial charge in [-0.05, 0) is 48.9 Å². The molecule has 0 saturated heterocycles. The zero-order valence-electron chi connectivity index (χ0n) is 14.2. The van der Waals surface area contributed by atoms with E-state index in [1.54, 1.807) is 37.1 Å². The lowest BCUT2D eigenvalue weighted by molar-refractivity contribution is 0.0690. The second-order valence-electron chi connectivity index (χ2n) is 5.54. The zero-order chi connectivity index (χ0) is 18.0. The van der Waals surface area contributed by atoms with Crippen LogP contribution in [0.15, 0.2) is 48.5 Å². The first-order valence-corrected chi connectivity index (χ1v) is 7.66. The zero-order valence-corrected chi connectivity index (χ0v) is 14.2. The number of carboxylic acid groups (broad SMARTS) is 1. The van der Waals surface area contributed by atoms with Crippen LogP contribution >= 0.6 is 0 Å². The van der Waals surface area contributed by atoms with Gasteiger partial charge in [-0.25, -0.2) is 9.48 Å². The summed E-state index contributed by atoms with van der Waals surface area (Å²) >= 11 is 0. The van der Waals surface area contributed by atoms with Crippen LogP contribution in [0.3, 0.4) is 0 Å².